The number of hydrogen-bond donors (Lipinski definition) is 4. The van der Waals surface area contributed by atoms with Crippen LogP contribution in [0.25, 0.3) is 0 Å². The Labute approximate surface area is 80.4 Å². The molecule has 0 aromatic carbocycles. The summed E-state index contributed by atoms with van der Waals surface area (Å²) in [6, 6.07) is -1.48. The lowest BCUT2D eigenvalue weighted by Crippen LogP contribution is -2.39. The second-order valence-electron chi connectivity index (χ2n) is 1.79. The van der Waals surface area contributed by atoms with Crippen molar-refractivity contribution in [2.45, 2.75) is 6.04 Å². The average Bonchev–Trinajstić information content (AvgIpc) is 1.86. The number of rotatable bonds is 4. The maximum absolute atomic E-state index is 10.3. The normalized spacial score (nSPS) is 14.7. The van der Waals surface area contributed by atoms with Crippen LogP contribution >= 0.6 is 25.4 Å². The molecule has 2 N–H and O–H groups in total. The van der Waals surface area contributed by atoms with E-state index in [2.05, 4.69) is 25.4 Å². The molecule has 1 atom stereocenters. The van der Waals surface area contributed by atoms with Crippen molar-refractivity contribution in [1.82, 2.24) is 3.71 Å². The fourth-order valence-electron chi connectivity index (χ4n) is 0.403. The average molecular weight is 233 g/mol. The summed E-state index contributed by atoms with van der Waals surface area (Å²) >= 11 is 6.87. The summed E-state index contributed by atoms with van der Waals surface area (Å²) in [5.41, 5.74) is 0. The lowest BCUT2D eigenvalue weighted by molar-refractivity contribution is -0.139. The zero-order valence-corrected chi connectivity index (χ0v) is 8.26. The van der Waals surface area contributed by atoms with Crippen LogP contribution in [-0.4, -0.2) is 39.6 Å². The number of aliphatic carboxylic acids is 1. The van der Waals surface area contributed by atoms with Crippen LogP contribution in [0.4, 0.5) is 0 Å². The molecule has 0 aliphatic rings. The Balaban J connectivity index is 4.66. The molecule has 9 heteroatoms. The van der Waals surface area contributed by atoms with Gasteiger partial charge in [-0.15, -0.1) is 3.71 Å². The number of nitrogens with zero attached hydrogens (tertiary/aromatic N) is 1. The van der Waals surface area contributed by atoms with E-state index < -0.39 is 22.3 Å². The minimum absolute atomic E-state index is 0.0301. The Morgan fingerprint density at radius 3 is 2.08 bits per heavy atom. The van der Waals surface area contributed by atoms with Crippen LogP contribution in [-0.2, 0) is 15.1 Å². The van der Waals surface area contributed by atoms with E-state index in [-0.39, 0.29) is 9.46 Å². The summed E-state index contributed by atoms with van der Waals surface area (Å²) in [5.74, 6) is -1.71. The van der Waals surface area contributed by atoms with E-state index in [9.17, 15) is 13.2 Å². The summed E-state index contributed by atoms with van der Waals surface area (Å²) in [5, 5.41) is 8.39. The highest BCUT2D eigenvalue weighted by atomic mass is 32.3. The fourth-order valence-corrected chi connectivity index (χ4v) is 1.63. The Morgan fingerprint density at radius 1 is 1.58 bits per heavy atom. The molecule has 0 saturated carbocycles. The standard InChI is InChI=1S/C3H7NO5S3/c5-3(6)2(1-10)4(11)12(7,8)9/h2,10-11H,1H2,(H,5,6)(H,7,8,9)/t2-/m0/s1. The van der Waals surface area contributed by atoms with Crippen LogP contribution in [0.3, 0.4) is 0 Å². The van der Waals surface area contributed by atoms with Gasteiger partial charge >= 0.3 is 16.3 Å². The predicted molar refractivity (Wildman–Crippen MR) is 47.7 cm³/mol. The zero-order valence-electron chi connectivity index (χ0n) is 5.65. The van der Waals surface area contributed by atoms with Crippen molar-refractivity contribution >= 4 is 41.7 Å². The molecule has 0 radical (unpaired) electrons. The zero-order chi connectivity index (χ0) is 9.94. The summed E-state index contributed by atoms with van der Waals surface area (Å²) in [4.78, 5) is 10.3. The van der Waals surface area contributed by atoms with Crippen LogP contribution in [0, 0.1) is 0 Å². The molecule has 0 aliphatic carbocycles. The number of thiol groups is 2. The molecule has 0 bridgehead atoms. The van der Waals surface area contributed by atoms with E-state index in [4.69, 9.17) is 9.66 Å². The first-order valence-corrected chi connectivity index (χ1v) is 5.03. The minimum atomic E-state index is -4.59. The van der Waals surface area contributed by atoms with E-state index in [0.717, 1.165) is 0 Å². The molecular formula is C3H7NO5S3. The Kier molecular flexibility index (Phi) is 4.34. The van der Waals surface area contributed by atoms with Crippen molar-refractivity contribution in [3.05, 3.63) is 0 Å². The van der Waals surface area contributed by atoms with Gasteiger partial charge in [0.15, 0.2) is 0 Å². The highest BCUT2D eigenvalue weighted by Crippen LogP contribution is 2.10. The van der Waals surface area contributed by atoms with Gasteiger partial charge in [0.1, 0.15) is 6.04 Å². The topological polar surface area (TPSA) is 94.9 Å². The van der Waals surface area contributed by atoms with Gasteiger partial charge < -0.3 is 5.11 Å². The van der Waals surface area contributed by atoms with Gasteiger partial charge in [0.05, 0.1) is 0 Å². The smallest absolute Gasteiger partial charge is 0.345 e. The number of carbonyl (C=O) groups is 1. The maximum Gasteiger partial charge on any atom is 0.345 e. The fraction of sp³-hybridized carbons (Fsp3) is 0.667. The largest absolute Gasteiger partial charge is 0.480 e. The second kappa shape index (κ2) is 4.33. The van der Waals surface area contributed by atoms with Crippen molar-refractivity contribution in [2.75, 3.05) is 5.75 Å². The molecule has 6 nitrogen and oxygen atoms in total. The molecule has 0 unspecified atom stereocenters. The molecule has 72 valence electrons. The van der Waals surface area contributed by atoms with E-state index in [1.54, 1.807) is 0 Å². The van der Waals surface area contributed by atoms with Gasteiger partial charge in [0.2, 0.25) is 0 Å². The van der Waals surface area contributed by atoms with Crippen molar-refractivity contribution in [2.24, 2.45) is 0 Å². The molecule has 0 spiro atoms. The molecule has 0 aromatic rings. The Morgan fingerprint density at radius 2 is 2.00 bits per heavy atom. The number of carboxylic acids is 1. The highest BCUT2D eigenvalue weighted by molar-refractivity contribution is 7.96. The first kappa shape index (κ1) is 12.0. The van der Waals surface area contributed by atoms with Gasteiger partial charge in [-0.2, -0.15) is 21.0 Å². The van der Waals surface area contributed by atoms with Crippen molar-refractivity contribution in [1.29, 1.82) is 0 Å². The molecule has 12 heavy (non-hydrogen) atoms. The first-order chi connectivity index (χ1) is 5.30. The minimum Gasteiger partial charge on any atom is -0.480 e. The van der Waals surface area contributed by atoms with Gasteiger partial charge in [-0.3, -0.25) is 9.35 Å². The van der Waals surface area contributed by atoms with Crippen LogP contribution in [0.5, 0.6) is 0 Å². The maximum atomic E-state index is 10.3. The summed E-state index contributed by atoms with van der Waals surface area (Å²) < 4.78 is 29.1. The molecular weight excluding hydrogens is 226 g/mol. The molecule has 0 fully saturated rings. The summed E-state index contributed by atoms with van der Waals surface area (Å²) in [7, 11) is -4.59. The monoisotopic (exact) mass is 233 g/mol. The van der Waals surface area contributed by atoms with E-state index in [1.165, 1.54) is 0 Å². The molecule has 0 aliphatic heterocycles. The van der Waals surface area contributed by atoms with Crippen LogP contribution in [0.2, 0.25) is 0 Å². The van der Waals surface area contributed by atoms with Gasteiger partial charge in [-0.1, -0.05) is 12.8 Å². The van der Waals surface area contributed by atoms with Crippen LogP contribution in [0.1, 0.15) is 0 Å². The second-order valence-corrected chi connectivity index (χ2v) is 4.14. The van der Waals surface area contributed by atoms with Crippen molar-refractivity contribution in [3.63, 3.8) is 0 Å². The Bertz CT molecular complexity index is 261. The predicted octanol–water partition coefficient (Wildman–Crippen LogP) is -0.681. The Hall–Kier alpha value is 0.0400. The molecule has 0 saturated heterocycles. The van der Waals surface area contributed by atoms with Gasteiger partial charge in [-0.25, -0.2) is 0 Å². The number of carboxylic acid groups (broad SMARTS) is 1. The van der Waals surface area contributed by atoms with E-state index in [1.807, 2.05) is 0 Å². The lowest BCUT2D eigenvalue weighted by Gasteiger charge is -2.17. The molecule has 0 amide bonds. The third-order valence-electron chi connectivity index (χ3n) is 0.961. The van der Waals surface area contributed by atoms with Crippen LogP contribution in [0.15, 0.2) is 0 Å². The quantitative estimate of drug-likeness (QED) is 0.381. The summed E-state index contributed by atoms with van der Waals surface area (Å²) in [6.07, 6.45) is 0. The molecule has 0 rings (SSSR count). The summed E-state index contributed by atoms with van der Waals surface area (Å²) in [6.45, 7) is 0. The van der Waals surface area contributed by atoms with Crippen molar-refractivity contribution < 1.29 is 22.9 Å². The first-order valence-electron chi connectivity index (χ1n) is 2.60. The van der Waals surface area contributed by atoms with Crippen LogP contribution < -0.4 is 0 Å². The molecule has 0 heterocycles. The van der Waals surface area contributed by atoms with E-state index in [0.29, 0.717) is 0 Å². The van der Waals surface area contributed by atoms with Gasteiger partial charge in [0, 0.05) is 5.75 Å². The SMILES string of the molecule is O=C(O)[C@H](CS)N(S)S(=O)(=O)O. The van der Waals surface area contributed by atoms with Gasteiger partial charge in [0.25, 0.3) is 0 Å². The lowest BCUT2D eigenvalue weighted by atomic mass is 10.4. The third kappa shape index (κ3) is 3.19. The molecule has 0 aromatic heterocycles. The van der Waals surface area contributed by atoms with Gasteiger partial charge in [-0.05, 0) is 0 Å². The highest BCUT2D eigenvalue weighted by Gasteiger charge is 2.30. The number of hydrogen-bond acceptors (Lipinski definition) is 5. The third-order valence-corrected chi connectivity index (χ3v) is 2.93. The van der Waals surface area contributed by atoms with Crippen molar-refractivity contribution in [3.8, 4) is 0 Å². The van der Waals surface area contributed by atoms with E-state index >= 15 is 0 Å².